The lowest BCUT2D eigenvalue weighted by molar-refractivity contribution is -0.295. The van der Waals surface area contributed by atoms with Crippen molar-refractivity contribution >= 4 is 51.5 Å². The van der Waals surface area contributed by atoms with Crippen molar-refractivity contribution in [1.29, 1.82) is 0 Å². The number of para-hydroxylation sites is 1. The number of ketones is 1. The molecule has 6 rings (SSSR count). The molecule has 3 aliphatic heterocycles. The minimum Gasteiger partial charge on any atom is -0.458 e. The van der Waals surface area contributed by atoms with Gasteiger partial charge in [0.05, 0.1) is 40.3 Å². The van der Waals surface area contributed by atoms with Gasteiger partial charge < -0.3 is 39.0 Å². The van der Waals surface area contributed by atoms with E-state index in [0.29, 0.717) is 51.0 Å². The molecule has 3 saturated heterocycles. The number of hydrogen-bond acceptors (Lipinski definition) is 16. The number of unbranched alkanes of at least 4 members (excludes halogenated alkanes) is 1. The highest BCUT2D eigenvalue weighted by atomic mass is 32.2. The fraction of sp³-hybridized carbons (Fsp3) is 0.733. The number of ether oxygens (including phenoxy) is 5. The molecule has 3 aromatic rings. The number of aliphatic hydroxyl groups excluding tert-OH is 1. The number of aryl methyl sites for hydroxylation is 1. The van der Waals surface area contributed by atoms with Gasteiger partial charge in [0.25, 0.3) is 0 Å². The molecule has 2 aromatic heterocycles. The summed E-state index contributed by atoms with van der Waals surface area (Å²) < 4.78 is 44.7. The first-order valence-corrected chi connectivity index (χ1v) is 24.3. The van der Waals surface area contributed by atoms with Crippen molar-refractivity contribution < 1.29 is 47.1 Å². The van der Waals surface area contributed by atoms with Crippen molar-refractivity contribution in [3.05, 3.63) is 30.5 Å². The fourth-order valence-corrected chi connectivity index (χ4v) is 10.6. The average molecular weight is 936 g/mol. The molecule has 2 N–H and O–H groups in total. The maximum atomic E-state index is 14.4. The Bertz CT molecular complexity index is 1980. The number of benzene rings is 1. The van der Waals surface area contributed by atoms with Crippen LogP contribution in [-0.2, 0) is 39.8 Å². The normalized spacial score (nSPS) is 34.4. The second-order valence-corrected chi connectivity index (χ2v) is 19.6. The molecular weight excluding hydrogens is 866 g/mol. The van der Waals surface area contributed by atoms with Crippen molar-refractivity contribution in [3.63, 3.8) is 0 Å². The topological polar surface area (TPSA) is 180 Å². The van der Waals surface area contributed by atoms with E-state index in [-0.39, 0.29) is 36.3 Å². The number of thiazole rings is 1. The van der Waals surface area contributed by atoms with Crippen molar-refractivity contribution in [2.45, 2.75) is 154 Å². The zero-order valence-corrected chi connectivity index (χ0v) is 41.1. The Morgan fingerprint density at radius 2 is 1.78 bits per heavy atom. The molecule has 0 radical (unpaired) electrons. The first-order valence-electron chi connectivity index (χ1n) is 22.4. The lowest BCUT2D eigenvalue weighted by atomic mass is 9.78. The second-order valence-electron chi connectivity index (χ2n) is 18.3. The quantitative estimate of drug-likeness (QED) is 0.120. The van der Waals surface area contributed by atoms with Gasteiger partial charge in [0, 0.05) is 56.6 Å². The van der Waals surface area contributed by atoms with E-state index in [9.17, 15) is 23.4 Å². The first-order chi connectivity index (χ1) is 30.3. The number of aromatic nitrogens is 4. The number of aliphatic hydroxyl groups is 1. The number of rotatable bonds is 11. The number of carbonyl (C=O) groups is 3. The number of cyclic esters (lactones) is 1. The van der Waals surface area contributed by atoms with E-state index in [1.165, 1.54) is 6.26 Å². The van der Waals surface area contributed by atoms with E-state index in [4.69, 9.17) is 28.7 Å². The number of nitrogens with one attached hydrogen (secondary N) is 1. The summed E-state index contributed by atoms with van der Waals surface area (Å²) in [6.07, 6.45) is 1.60. The molecule has 0 bridgehead atoms. The van der Waals surface area contributed by atoms with Crippen LogP contribution < -0.4 is 5.32 Å². The number of hydrogen-bond donors (Lipinski definition) is 2. The van der Waals surface area contributed by atoms with Gasteiger partial charge in [0.15, 0.2) is 17.7 Å². The van der Waals surface area contributed by atoms with E-state index in [1.54, 1.807) is 41.9 Å². The SMILES string of the molecule is CC[C@H]1OC(=O)[C@H](C)C(=O)[C@H](C)[C@@H](O[C@@H]2OC(C)CC(N(C)C)C2O)[C@](C)(OC)C[C@@H](C)CN[C@H](C)[C@H]2N(CCCCn3cc(-c4nc5ccccc5s4)nn3)C(=O)O[C@]12C.CSF. The van der Waals surface area contributed by atoms with Crippen LogP contribution in [0.2, 0.25) is 0 Å². The molecule has 0 spiro atoms. The molecule has 3 fully saturated rings. The molecule has 1 aromatic carbocycles. The van der Waals surface area contributed by atoms with Gasteiger partial charge in [-0.25, -0.2) is 9.78 Å². The highest BCUT2D eigenvalue weighted by Gasteiger charge is 2.58. The van der Waals surface area contributed by atoms with E-state index in [0.717, 1.165) is 21.6 Å². The van der Waals surface area contributed by atoms with Crippen LogP contribution in [0.4, 0.5) is 8.68 Å². The Kier molecular flexibility index (Phi) is 18.1. The molecule has 16 nitrogen and oxygen atoms in total. The summed E-state index contributed by atoms with van der Waals surface area (Å²) in [5.41, 5.74) is -0.630. The third-order valence-corrected chi connectivity index (χ3v) is 14.2. The van der Waals surface area contributed by atoms with Crippen LogP contribution >= 0.6 is 23.5 Å². The van der Waals surface area contributed by atoms with Gasteiger partial charge >= 0.3 is 12.1 Å². The summed E-state index contributed by atoms with van der Waals surface area (Å²) in [5, 5.41) is 24.7. The third kappa shape index (κ3) is 11.6. The highest BCUT2D eigenvalue weighted by molar-refractivity contribution is 7.93. The maximum absolute atomic E-state index is 14.4. The molecule has 1 amide bonds. The Labute approximate surface area is 385 Å². The molecule has 19 heteroatoms. The summed E-state index contributed by atoms with van der Waals surface area (Å²) in [5.74, 6) is -3.16. The number of amides is 1. The number of fused-ring (bicyclic) bond motifs is 2. The largest absolute Gasteiger partial charge is 0.458 e. The van der Waals surface area contributed by atoms with Crippen LogP contribution in [0.5, 0.6) is 0 Å². The molecule has 3 unspecified atom stereocenters. The summed E-state index contributed by atoms with van der Waals surface area (Å²) >= 11 is 1.83. The molecule has 5 heterocycles. The number of likely N-dealkylation sites (N-methyl/N-ethyl adjacent to an activating group) is 1. The molecule has 0 saturated carbocycles. The smallest absolute Gasteiger partial charge is 0.410 e. The van der Waals surface area contributed by atoms with Gasteiger partial charge in [-0.3, -0.25) is 19.2 Å². The minimum atomic E-state index is -1.23. The van der Waals surface area contributed by atoms with Gasteiger partial charge in [-0.2, -0.15) is 3.89 Å². The van der Waals surface area contributed by atoms with Crippen LogP contribution in [0.3, 0.4) is 0 Å². The van der Waals surface area contributed by atoms with Gasteiger partial charge in [-0.15, -0.1) is 16.4 Å². The van der Waals surface area contributed by atoms with E-state index in [1.807, 2.05) is 84.1 Å². The third-order valence-electron chi connectivity index (χ3n) is 13.1. The van der Waals surface area contributed by atoms with Gasteiger partial charge in [-0.1, -0.05) is 38.1 Å². The highest BCUT2D eigenvalue weighted by Crippen LogP contribution is 2.40. The van der Waals surface area contributed by atoms with Gasteiger partial charge in [0.1, 0.15) is 28.8 Å². The van der Waals surface area contributed by atoms with Crippen molar-refractivity contribution in [3.8, 4) is 10.7 Å². The molecule has 0 aliphatic carbocycles. The Balaban J connectivity index is 0.00000250. The second kappa shape index (κ2) is 22.5. The van der Waals surface area contributed by atoms with Gasteiger partial charge in [0.2, 0.25) is 0 Å². The number of esters is 1. The number of Topliss-reactive ketones (excluding diaryl/α,β-unsaturated/α-hetero) is 1. The van der Waals surface area contributed by atoms with E-state index >= 15 is 0 Å². The van der Waals surface area contributed by atoms with Crippen LogP contribution in [0, 0.1) is 17.8 Å². The Morgan fingerprint density at radius 3 is 2.44 bits per heavy atom. The average Bonchev–Trinajstić information content (AvgIpc) is 3.98. The number of methoxy groups -OCH3 is 1. The predicted octanol–water partition coefficient (Wildman–Crippen LogP) is 6.55. The lowest BCUT2D eigenvalue weighted by Gasteiger charge is -2.46. The standard InChI is InChI=1S/C44H67N7O9S.CH3FS/c1-12-34-44(8)37(51(42(55)60-44)20-16-15-19-50-24-31(47-48-50)39-46-30-17-13-14-18-33(30)61-39)29(6)45-23-25(2)22-43(7,56-11)38(27(4)35(52)28(5)40(54)58-34)59-41-36(53)32(49(9)10)21-26(3)57-41;1-3-2/h13-14,17-18,24-29,32,34,36-38,41,45,53H,12,15-16,19-23H2,1-11H3;1H3/t25-,26?,27+,28-,29-,32?,34-,36?,37-,38-,41+,43-,44-;/m1./s1. The number of nitrogens with zero attached hydrogens (tertiary/aromatic N) is 6. The Hall–Kier alpha value is -3.30. The van der Waals surface area contributed by atoms with E-state index in [2.05, 4.69) is 22.6 Å². The zero-order chi connectivity index (χ0) is 47.1. The molecule has 3 aliphatic rings. The van der Waals surface area contributed by atoms with Crippen LogP contribution in [0.15, 0.2) is 30.5 Å². The first kappa shape index (κ1) is 51.7. The predicted molar refractivity (Wildman–Crippen MR) is 245 cm³/mol. The summed E-state index contributed by atoms with van der Waals surface area (Å²) in [7, 11) is 5.40. The van der Waals surface area contributed by atoms with Gasteiger partial charge in [-0.05, 0) is 105 Å². The fourth-order valence-electron chi connectivity index (χ4n) is 9.70. The van der Waals surface area contributed by atoms with Crippen LogP contribution in [0.1, 0.15) is 87.5 Å². The molecular formula is C45H70FN7O9S2. The van der Waals surface area contributed by atoms with Crippen molar-refractivity contribution in [1.82, 2.24) is 35.1 Å². The summed E-state index contributed by atoms with van der Waals surface area (Å²) in [6.45, 7) is 16.5. The zero-order valence-electron chi connectivity index (χ0n) is 39.5. The van der Waals surface area contributed by atoms with Crippen LogP contribution in [0.25, 0.3) is 20.9 Å². The van der Waals surface area contributed by atoms with Crippen molar-refractivity contribution in [2.24, 2.45) is 17.8 Å². The monoisotopic (exact) mass is 935 g/mol. The van der Waals surface area contributed by atoms with Crippen molar-refractivity contribution in [2.75, 3.05) is 40.6 Å². The summed E-state index contributed by atoms with van der Waals surface area (Å²) in [4.78, 5) is 50.7. The van der Waals surface area contributed by atoms with Crippen LogP contribution in [-0.4, -0.2) is 153 Å². The maximum Gasteiger partial charge on any atom is 0.410 e. The lowest BCUT2D eigenvalue weighted by Crippen LogP contribution is -2.61. The Morgan fingerprint density at radius 1 is 1.09 bits per heavy atom. The minimum absolute atomic E-state index is 0.0121. The summed E-state index contributed by atoms with van der Waals surface area (Å²) in [6, 6.07) is 6.94. The van der Waals surface area contributed by atoms with E-state index < -0.39 is 71.5 Å². The molecule has 358 valence electrons. The number of halogens is 1. The molecule has 64 heavy (non-hydrogen) atoms. The number of carbonyl (C=O) groups excluding carboxylic acids is 3. The molecule has 13 atom stereocenters.